The highest BCUT2D eigenvalue weighted by Gasteiger charge is 2.29. The number of carbonyl (C=O) groups excluding carboxylic acids is 1. The third kappa shape index (κ3) is 3.86. The van der Waals surface area contributed by atoms with E-state index in [-0.39, 0.29) is 11.8 Å². The molecule has 1 aliphatic carbocycles. The van der Waals surface area contributed by atoms with Gasteiger partial charge in [-0.2, -0.15) is 0 Å². The van der Waals surface area contributed by atoms with Gasteiger partial charge in [0.25, 0.3) is 10.0 Å². The number of carbonyl (C=O) groups is 1. The molecule has 1 saturated carbocycles. The van der Waals surface area contributed by atoms with E-state index in [1.807, 2.05) is 34.6 Å². The van der Waals surface area contributed by atoms with Gasteiger partial charge >= 0.3 is 0 Å². The number of benzene rings is 2. The van der Waals surface area contributed by atoms with Gasteiger partial charge in [-0.25, -0.2) is 8.42 Å². The smallest absolute Gasteiger partial charge is 0.262 e. The van der Waals surface area contributed by atoms with Crippen LogP contribution in [0.2, 0.25) is 0 Å². The molecule has 2 aromatic carbocycles. The minimum Gasteiger partial charge on any atom is -0.326 e. The monoisotopic (exact) mass is 386 g/mol. The molecule has 0 spiro atoms. The van der Waals surface area contributed by atoms with Crippen LogP contribution in [0.15, 0.2) is 29.2 Å². The summed E-state index contributed by atoms with van der Waals surface area (Å²) < 4.78 is 28.9. The van der Waals surface area contributed by atoms with Crippen molar-refractivity contribution in [1.29, 1.82) is 0 Å². The zero-order chi connectivity index (χ0) is 19.9. The lowest BCUT2D eigenvalue weighted by molar-refractivity contribution is -0.117. The summed E-state index contributed by atoms with van der Waals surface area (Å²) in [4.78, 5) is 12.3. The number of hydrogen-bond acceptors (Lipinski definition) is 3. The van der Waals surface area contributed by atoms with Gasteiger partial charge in [-0.15, -0.1) is 0 Å². The summed E-state index contributed by atoms with van der Waals surface area (Å²) in [5.41, 5.74) is 5.65. The molecule has 1 amide bonds. The maximum absolute atomic E-state index is 13.1. The van der Waals surface area contributed by atoms with E-state index in [4.69, 9.17) is 0 Å². The summed E-state index contributed by atoms with van der Waals surface area (Å²) in [5, 5.41) is 2.84. The van der Waals surface area contributed by atoms with E-state index in [1.54, 1.807) is 24.3 Å². The molecule has 0 atom stereocenters. The number of hydrogen-bond donors (Lipinski definition) is 2. The first-order valence-corrected chi connectivity index (χ1v) is 10.6. The quantitative estimate of drug-likeness (QED) is 0.801. The van der Waals surface area contributed by atoms with Crippen molar-refractivity contribution >= 4 is 27.3 Å². The Balaban J connectivity index is 1.93. The van der Waals surface area contributed by atoms with E-state index in [0.717, 1.165) is 40.7 Å². The maximum atomic E-state index is 13.1. The predicted octanol–water partition coefficient (Wildman–Crippen LogP) is 4.38. The second-order valence-corrected chi connectivity index (χ2v) is 9.02. The summed E-state index contributed by atoms with van der Waals surface area (Å²) in [6, 6.07) is 6.82. The van der Waals surface area contributed by atoms with Gasteiger partial charge in [0.15, 0.2) is 0 Å². The number of sulfonamides is 1. The van der Waals surface area contributed by atoms with Crippen molar-refractivity contribution in [2.45, 2.75) is 52.4 Å². The molecule has 144 valence electrons. The minimum absolute atomic E-state index is 0.00789. The number of amides is 1. The lowest BCUT2D eigenvalue weighted by Gasteiger charge is -2.19. The number of rotatable bonds is 5. The average Bonchev–Trinajstić information content (AvgIpc) is 3.43. The first-order chi connectivity index (χ1) is 12.6. The Kier molecular flexibility index (Phi) is 5.04. The summed E-state index contributed by atoms with van der Waals surface area (Å²) >= 11 is 0. The van der Waals surface area contributed by atoms with E-state index in [2.05, 4.69) is 10.0 Å². The SMILES string of the molecule is Cc1c(C)c(C)c(S(=O)(=O)Nc2cccc(NC(=O)C3CC3)c2)c(C)c1C. The van der Waals surface area contributed by atoms with E-state index in [0.29, 0.717) is 16.3 Å². The molecule has 2 aromatic rings. The van der Waals surface area contributed by atoms with Gasteiger partial charge in [-0.1, -0.05) is 6.07 Å². The van der Waals surface area contributed by atoms with Crippen molar-refractivity contribution in [2.75, 3.05) is 10.0 Å². The molecule has 3 rings (SSSR count). The molecule has 27 heavy (non-hydrogen) atoms. The second kappa shape index (κ2) is 7.00. The minimum atomic E-state index is -3.75. The van der Waals surface area contributed by atoms with Crippen molar-refractivity contribution in [3.8, 4) is 0 Å². The summed E-state index contributed by atoms with van der Waals surface area (Å²) in [6.45, 7) is 9.60. The molecule has 0 unspecified atom stereocenters. The molecule has 2 N–H and O–H groups in total. The Hall–Kier alpha value is -2.34. The topological polar surface area (TPSA) is 75.3 Å². The maximum Gasteiger partial charge on any atom is 0.262 e. The highest BCUT2D eigenvalue weighted by molar-refractivity contribution is 7.92. The molecular weight excluding hydrogens is 360 g/mol. The lowest BCUT2D eigenvalue weighted by Crippen LogP contribution is -2.18. The van der Waals surface area contributed by atoms with Crippen LogP contribution in [0, 0.1) is 40.5 Å². The third-order valence-electron chi connectivity index (χ3n) is 5.53. The van der Waals surface area contributed by atoms with Gasteiger partial charge in [0.05, 0.1) is 10.6 Å². The molecule has 0 bridgehead atoms. The first-order valence-electron chi connectivity index (χ1n) is 9.12. The van der Waals surface area contributed by atoms with Crippen LogP contribution in [-0.4, -0.2) is 14.3 Å². The third-order valence-corrected chi connectivity index (χ3v) is 7.18. The molecular formula is C21H26N2O3S. The summed E-state index contributed by atoms with van der Waals surface area (Å²) in [7, 11) is -3.75. The fourth-order valence-corrected chi connectivity index (χ4v) is 4.98. The molecule has 0 radical (unpaired) electrons. The molecule has 1 aliphatic rings. The van der Waals surface area contributed by atoms with Gasteiger partial charge in [0, 0.05) is 11.6 Å². The number of nitrogens with one attached hydrogen (secondary N) is 2. The van der Waals surface area contributed by atoms with Gasteiger partial charge in [-0.3, -0.25) is 9.52 Å². The van der Waals surface area contributed by atoms with Crippen LogP contribution in [0.5, 0.6) is 0 Å². The van der Waals surface area contributed by atoms with Crippen molar-refractivity contribution < 1.29 is 13.2 Å². The van der Waals surface area contributed by atoms with Crippen LogP contribution in [0.3, 0.4) is 0 Å². The standard InChI is InChI=1S/C21H26N2O3S/c1-12-13(2)15(4)20(16(5)14(12)3)27(25,26)23-19-8-6-7-18(11-19)22-21(24)17-9-10-17/h6-8,11,17,23H,9-10H2,1-5H3,(H,22,24). The molecule has 0 aromatic heterocycles. The summed E-state index contributed by atoms with van der Waals surface area (Å²) in [6.07, 6.45) is 1.84. The average molecular weight is 387 g/mol. The Morgan fingerprint density at radius 1 is 0.889 bits per heavy atom. The van der Waals surface area contributed by atoms with E-state index >= 15 is 0 Å². The molecule has 1 fully saturated rings. The zero-order valence-electron chi connectivity index (χ0n) is 16.4. The number of anilines is 2. The van der Waals surface area contributed by atoms with Crippen LogP contribution in [0.1, 0.15) is 40.7 Å². The second-order valence-electron chi connectivity index (χ2n) is 7.40. The van der Waals surface area contributed by atoms with Gasteiger partial charge in [0.2, 0.25) is 5.91 Å². The van der Waals surface area contributed by atoms with E-state index in [9.17, 15) is 13.2 Å². The Morgan fingerprint density at radius 3 is 1.96 bits per heavy atom. The van der Waals surface area contributed by atoms with Crippen LogP contribution in [-0.2, 0) is 14.8 Å². The molecule has 5 nitrogen and oxygen atoms in total. The summed E-state index contributed by atoms with van der Waals surface area (Å²) in [5.74, 6) is 0.0839. The molecule has 0 saturated heterocycles. The highest BCUT2D eigenvalue weighted by atomic mass is 32.2. The Bertz CT molecular complexity index is 993. The fourth-order valence-electron chi connectivity index (χ4n) is 3.33. The first kappa shape index (κ1) is 19.4. The molecule has 0 heterocycles. The molecule has 0 aliphatic heterocycles. The molecule has 6 heteroatoms. The van der Waals surface area contributed by atoms with Crippen molar-refractivity contribution in [1.82, 2.24) is 0 Å². The Labute approximate surface area is 161 Å². The van der Waals surface area contributed by atoms with Gasteiger partial charge in [0.1, 0.15) is 0 Å². The van der Waals surface area contributed by atoms with Crippen LogP contribution in [0.25, 0.3) is 0 Å². The van der Waals surface area contributed by atoms with Crippen LogP contribution >= 0.6 is 0 Å². The fraction of sp³-hybridized carbons (Fsp3) is 0.381. The van der Waals surface area contributed by atoms with Crippen LogP contribution < -0.4 is 10.0 Å². The normalized spacial score (nSPS) is 14.1. The van der Waals surface area contributed by atoms with E-state index in [1.165, 1.54) is 0 Å². The van der Waals surface area contributed by atoms with Gasteiger partial charge in [-0.05, 0) is 93.5 Å². The lowest BCUT2D eigenvalue weighted by atomic mass is 9.95. The van der Waals surface area contributed by atoms with Crippen molar-refractivity contribution in [3.05, 3.63) is 52.1 Å². The van der Waals surface area contributed by atoms with Crippen molar-refractivity contribution in [3.63, 3.8) is 0 Å². The van der Waals surface area contributed by atoms with Crippen LogP contribution in [0.4, 0.5) is 11.4 Å². The highest BCUT2D eigenvalue weighted by Crippen LogP contribution is 2.32. The van der Waals surface area contributed by atoms with Crippen molar-refractivity contribution in [2.24, 2.45) is 5.92 Å². The van der Waals surface area contributed by atoms with E-state index < -0.39 is 10.0 Å². The van der Waals surface area contributed by atoms with Gasteiger partial charge < -0.3 is 5.32 Å². The predicted molar refractivity (Wildman–Crippen MR) is 109 cm³/mol. The zero-order valence-corrected chi connectivity index (χ0v) is 17.3. The Morgan fingerprint density at radius 2 is 1.41 bits per heavy atom. The largest absolute Gasteiger partial charge is 0.326 e.